The van der Waals surface area contributed by atoms with Crippen molar-refractivity contribution in [2.45, 2.75) is 41.7 Å². The summed E-state index contributed by atoms with van der Waals surface area (Å²) in [6, 6.07) is 6.59. The van der Waals surface area contributed by atoms with Crippen LogP contribution in [0.15, 0.2) is 34.1 Å². The average Bonchev–Trinajstić information content (AvgIpc) is 2.35. The van der Waals surface area contributed by atoms with Gasteiger partial charge in [0.2, 0.25) is 0 Å². The third kappa shape index (κ3) is 4.24. The Morgan fingerprint density at radius 2 is 1.95 bits per heavy atom. The van der Waals surface area contributed by atoms with Gasteiger partial charge in [0.05, 0.1) is 10.6 Å². The van der Waals surface area contributed by atoms with Gasteiger partial charge < -0.3 is 5.11 Å². The molecule has 1 atom stereocenters. The molecule has 0 radical (unpaired) electrons. The average molecular weight is 302 g/mol. The van der Waals surface area contributed by atoms with E-state index in [1.807, 2.05) is 0 Å². The Hall–Kier alpha value is -1.01. The fourth-order valence-electron chi connectivity index (χ4n) is 1.64. The molecule has 6 heteroatoms. The van der Waals surface area contributed by atoms with Crippen molar-refractivity contribution in [3.63, 3.8) is 0 Å². The second kappa shape index (κ2) is 6.96. The van der Waals surface area contributed by atoms with E-state index in [9.17, 15) is 13.2 Å². The third-order valence-electron chi connectivity index (χ3n) is 2.57. The summed E-state index contributed by atoms with van der Waals surface area (Å²) in [6.45, 7) is 3.58. The maximum atomic E-state index is 12.1. The minimum absolute atomic E-state index is 0.0778. The van der Waals surface area contributed by atoms with E-state index in [-0.39, 0.29) is 10.6 Å². The first kappa shape index (κ1) is 16.0. The molecule has 0 saturated carbocycles. The van der Waals surface area contributed by atoms with Gasteiger partial charge in [0.25, 0.3) is 0 Å². The molecule has 0 bridgehead atoms. The molecule has 1 rings (SSSR count). The van der Waals surface area contributed by atoms with E-state index in [2.05, 4.69) is 0 Å². The highest BCUT2D eigenvalue weighted by Gasteiger charge is 2.22. The molecule has 0 aliphatic carbocycles. The lowest BCUT2D eigenvalue weighted by Crippen LogP contribution is -2.16. The number of thioether (sulfide) groups is 1. The van der Waals surface area contributed by atoms with Crippen molar-refractivity contribution in [3.05, 3.63) is 24.3 Å². The predicted molar refractivity (Wildman–Crippen MR) is 76.4 cm³/mol. The predicted octanol–water partition coefficient (Wildman–Crippen LogP) is 2.83. The molecular formula is C13H18O4S2. The van der Waals surface area contributed by atoms with Gasteiger partial charge in [-0.1, -0.05) is 26.0 Å². The molecule has 0 heterocycles. The molecule has 1 N–H and O–H groups in total. The van der Waals surface area contributed by atoms with E-state index < -0.39 is 21.1 Å². The molecule has 0 aliphatic rings. The lowest BCUT2D eigenvalue weighted by atomic mass is 10.3. The molecule has 1 aromatic rings. The Morgan fingerprint density at radius 1 is 1.32 bits per heavy atom. The number of benzene rings is 1. The first-order valence-electron chi connectivity index (χ1n) is 6.13. The summed E-state index contributed by atoms with van der Waals surface area (Å²) in [7, 11) is -3.33. The highest BCUT2D eigenvalue weighted by molar-refractivity contribution is 8.01. The summed E-state index contributed by atoms with van der Waals surface area (Å²) < 4.78 is 24.3. The van der Waals surface area contributed by atoms with Gasteiger partial charge in [0.15, 0.2) is 9.84 Å². The van der Waals surface area contributed by atoms with Gasteiger partial charge in [-0.05, 0) is 25.0 Å². The maximum Gasteiger partial charge on any atom is 0.316 e. The van der Waals surface area contributed by atoms with Crippen LogP contribution in [0.4, 0.5) is 0 Å². The van der Waals surface area contributed by atoms with Crippen LogP contribution in [-0.2, 0) is 14.6 Å². The molecule has 1 unspecified atom stereocenters. The van der Waals surface area contributed by atoms with Crippen LogP contribution in [0, 0.1) is 0 Å². The zero-order chi connectivity index (χ0) is 14.5. The van der Waals surface area contributed by atoms with Gasteiger partial charge in [-0.25, -0.2) is 8.42 Å². The molecule has 4 nitrogen and oxygen atoms in total. The van der Waals surface area contributed by atoms with E-state index >= 15 is 0 Å². The molecule has 0 fully saturated rings. The largest absolute Gasteiger partial charge is 0.480 e. The van der Waals surface area contributed by atoms with Crippen LogP contribution in [0.5, 0.6) is 0 Å². The van der Waals surface area contributed by atoms with Crippen molar-refractivity contribution < 1.29 is 18.3 Å². The number of aliphatic carboxylic acids is 1. The van der Waals surface area contributed by atoms with Gasteiger partial charge in [-0.3, -0.25) is 4.79 Å². The van der Waals surface area contributed by atoms with Gasteiger partial charge in [0.1, 0.15) is 5.25 Å². The van der Waals surface area contributed by atoms with Crippen LogP contribution in [-0.4, -0.2) is 30.5 Å². The lowest BCUT2D eigenvalue weighted by Gasteiger charge is -2.13. The van der Waals surface area contributed by atoms with Gasteiger partial charge in [-0.2, -0.15) is 0 Å². The Balaban J connectivity index is 3.13. The first-order chi connectivity index (χ1) is 8.92. The van der Waals surface area contributed by atoms with Crippen molar-refractivity contribution in [2.75, 3.05) is 5.75 Å². The topological polar surface area (TPSA) is 71.4 Å². The van der Waals surface area contributed by atoms with Crippen molar-refractivity contribution in [2.24, 2.45) is 0 Å². The van der Waals surface area contributed by atoms with Gasteiger partial charge in [0, 0.05) is 4.90 Å². The van der Waals surface area contributed by atoms with Crippen LogP contribution in [0.3, 0.4) is 0 Å². The smallest absolute Gasteiger partial charge is 0.316 e. The minimum atomic E-state index is -3.33. The van der Waals surface area contributed by atoms with Crippen LogP contribution in [0.1, 0.15) is 26.7 Å². The zero-order valence-corrected chi connectivity index (χ0v) is 12.6. The quantitative estimate of drug-likeness (QED) is 0.784. The number of sulfone groups is 1. The summed E-state index contributed by atoms with van der Waals surface area (Å²) in [5.74, 6) is -0.843. The van der Waals surface area contributed by atoms with Crippen LogP contribution < -0.4 is 0 Å². The Bertz CT molecular complexity index is 537. The van der Waals surface area contributed by atoms with Crippen LogP contribution in [0.2, 0.25) is 0 Å². The number of carboxylic acid groups (broad SMARTS) is 1. The lowest BCUT2D eigenvalue weighted by molar-refractivity contribution is -0.136. The fraction of sp³-hybridized carbons (Fsp3) is 0.462. The number of hydrogen-bond acceptors (Lipinski definition) is 4. The number of hydrogen-bond donors (Lipinski definition) is 1. The van der Waals surface area contributed by atoms with E-state index in [1.165, 1.54) is 0 Å². The van der Waals surface area contributed by atoms with Crippen molar-refractivity contribution in [3.8, 4) is 0 Å². The van der Waals surface area contributed by atoms with Crippen molar-refractivity contribution in [1.82, 2.24) is 0 Å². The normalized spacial score (nSPS) is 13.2. The zero-order valence-electron chi connectivity index (χ0n) is 11.0. The first-order valence-corrected chi connectivity index (χ1v) is 8.66. The van der Waals surface area contributed by atoms with Crippen molar-refractivity contribution in [1.29, 1.82) is 0 Å². The highest BCUT2D eigenvalue weighted by atomic mass is 32.2. The molecule has 0 aliphatic heterocycles. The molecule has 1 aromatic carbocycles. The molecule has 0 spiro atoms. The second-order valence-corrected chi connectivity index (χ2v) is 7.44. The number of rotatable bonds is 7. The van der Waals surface area contributed by atoms with Crippen molar-refractivity contribution >= 4 is 27.6 Å². The Labute approximate surface area is 118 Å². The van der Waals surface area contributed by atoms with Gasteiger partial charge >= 0.3 is 5.97 Å². The number of carbonyl (C=O) groups is 1. The second-order valence-electron chi connectivity index (χ2n) is 4.12. The monoisotopic (exact) mass is 302 g/mol. The summed E-state index contributed by atoms with van der Waals surface area (Å²) >= 11 is 1.10. The molecule has 106 valence electrons. The SMILES string of the molecule is CCCS(=O)(=O)c1ccccc1SC(CC)C(=O)O. The maximum absolute atomic E-state index is 12.1. The third-order valence-corrected chi connectivity index (χ3v) is 6.10. The Kier molecular flexibility index (Phi) is 5.87. The van der Waals surface area contributed by atoms with Crippen LogP contribution in [0.25, 0.3) is 0 Å². The van der Waals surface area contributed by atoms with E-state index in [4.69, 9.17) is 5.11 Å². The van der Waals surface area contributed by atoms with E-state index in [1.54, 1.807) is 38.1 Å². The summed E-state index contributed by atoms with van der Waals surface area (Å²) in [5, 5.41) is 8.43. The van der Waals surface area contributed by atoms with E-state index in [0.29, 0.717) is 17.7 Å². The summed E-state index contributed by atoms with van der Waals surface area (Å²) in [5.41, 5.74) is 0. The standard InChI is InChI=1S/C13H18O4S2/c1-3-9-19(16,17)12-8-6-5-7-11(12)18-10(4-2)13(14)15/h5-8,10H,3-4,9H2,1-2H3,(H,14,15). The molecule has 0 aromatic heterocycles. The Morgan fingerprint density at radius 3 is 2.47 bits per heavy atom. The summed E-state index contributed by atoms with van der Waals surface area (Å²) in [4.78, 5) is 11.8. The summed E-state index contributed by atoms with van der Waals surface area (Å²) in [6.07, 6.45) is 0.986. The van der Waals surface area contributed by atoms with Gasteiger partial charge in [-0.15, -0.1) is 11.8 Å². The number of carboxylic acids is 1. The molecular weight excluding hydrogens is 284 g/mol. The van der Waals surface area contributed by atoms with Crippen LogP contribution >= 0.6 is 11.8 Å². The fourth-order valence-corrected chi connectivity index (χ4v) is 4.50. The van der Waals surface area contributed by atoms with E-state index in [0.717, 1.165) is 11.8 Å². The molecule has 0 saturated heterocycles. The molecule has 19 heavy (non-hydrogen) atoms. The molecule has 0 amide bonds. The minimum Gasteiger partial charge on any atom is -0.480 e. The highest BCUT2D eigenvalue weighted by Crippen LogP contribution is 2.32.